The van der Waals surface area contributed by atoms with Crippen molar-refractivity contribution in [3.05, 3.63) is 17.5 Å². The van der Waals surface area contributed by atoms with Gasteiger partial charge in [-0.25, -0.2) is 9.97 Å². The Labute approximate surface area is 115 Å². The highest BCUT2D eigenvalue weighted by Gasteiger charge is 2.20. The van der Waals surface area contributed by atoms with Crippen molar-refractivity contribution in [2.75, 3.05) is 44.2 Å². The molecule has 0 radical (unpaired) electrons. The Kier molecular flexibility index (Phi) is 4.71. The third-order valence-corrected chi connectivity index (χ3v) is 3.60. The number of aromatic nitrogens is 2. The topological polar surface area (TPSA) is 58.3 Å². The molecule has 1 fully saturated rings. The Balaban J connectivity index is 1.92. The van der Waals surface area contributed by atoms with Crippen LogP contribution in [0.5, 0.6) is 0 Å². The van der Waals surface area contributed by atoms with Gasteiger partial charge in [0.25, 0.3) is 0 Å². The van der Waals surface area contributed by atoms with Crippen LogP contribution >= 0.6 is 0 Å². The molecule has 0 spiro atoms. The molecule has 0 aliphatic carbocycles. The molecule has 1 unspecified atom stereocenters. The fourth-order valence-corrected chi connectivity index (χ4v) is 2.49. The van der Waals surface area contributed by atoms with Gasteiger partial charge in [0, 0.05) is 44.1 Å². The van der Waals surface area contributed by atoms with E-state index in [2.05, 4.69) is 26.7 Å². The Morgan fingerprint density at radius 3 is 2.26 bits per heavy atom. The van der Waals surface area contributed by atoms with Gasteiger partial charge in [-0.15, -0.1) is 0 Å². The van der Waals surface area contributed by atoms with Gasteiger partial charge in [-0.05, 0) is 32.4 Å². The summed E-state index contributed by atoms with van der Waals surface area (Å²) < 4.78 is 0. The number of piperazine rings is 1. The number of aryl methyl sites for hydroxylation is 2. The highest BCUT2D eigenvalue weighted by molar-refractivity contribution is 5.32. The first-order chi connectivity index (χ1) is 9.08. The van der Waals surface area contributed by atoms with Crippen LogP contribution in [0, 0.1) is 19.8 Å². The molecular weight excluding hydrogens is 238 g/mol. The summed E-state index contributed by atoms with van der Waals surface area (Å²) in [5, 5.41) is 0. The van der Waals surface area contributed by atoms with E-state index in [0.29, 0.717) is 5.92 Å². The first kappa shape index (κ1) is 14.2. The van der Waals surface area contributed by atoms with Crippen LogP contribution in [0.25, 0.3) is 0 Å². The average molecular weight is 263 g/mol. The SMILES string of the molecule is Cc1cc(C)nc(N2CCN(CC(C)CN)CC2)n1. The van der Waals surface area contributed by atoms with Crippen molar-refractivity contribution in [2.45, 2.75) is 20.8 Å². The standard InChI is InChI=1S/C14H25N5/c1-11(9-15)10-18-4-6-19(7-5-18)14-16-12(2)8-13(3)17-14/h8,11H,4-7,9-10,15H2,1-3H3. The average Bonchev–Trinajstić information content (AvgIpc) is 2.38. The summed E-state index contributed by atoms with van der Waals surface area (Å²) in [4.78, 5) is 13.8. The van der Waals surface area contributed by atoms with Gasteiger partial charge in [0.05, 0.1) is 0 Å². The second kappa shape index (κ2) is 6.30. The van der Waals surface area contributed by atoms with Crippen molar-refractivity contribution in [3.63, 3.8) is 0 Å². The molecule has 0 aromatic carbocycles. The first-order valence-electron chi connectivity index (χ1n) is 7.08. The van der Waals surface area contributed by atoms with Crippen molar-refractivity contribution < 1.29 is 0 Å². The molecule has 106 valence electrons. The lowest BCUT2D eigenvalue weighted by Crippen LogP contribution is -2.48. The molecule has 1 aromatic rings. The largest absolute Gasteiger partial charge is 0.338 e. The van der Waals surface area contributed by atoms with Gasteiger partial charge in [0.2, 0.25) is 5.95 Å². The molecule has 5 nitrogen and oxygen atoms in total. The Bertz CT molecular complexity index is 392. The molecule has 1 saturated heterocycles. The minimum absolute atomic E-state index is 0.573. The third kappa shape index (κ3) is 3.88. The molecule has 1 aromatic heterocycles. The monoisotopic (exact) mass is 263 g/mol. The van der Waals surface area contributed by atoms with Crippen LogP contribution in [-0.2, 0) is 0 Å². The van der Waals surface area contributed by atoms with E-state index >= 15 is 0 Å². The summed E-state index contributed by atoms with van der Waals surface area (Å²) in [5.74, 6) is 1.45. The Morgan fingerprint density at radius 2 is 1.74 bits per heavy atom. The van der Waals surface area contributed by atoms with Gasteiger partial charge >= 0.3 is 0 Å². The van der Waals surface area contributed by atoms with Crippen molar-refractivity contribution in [2.24, 2.45) is 11.7 Å². The highest BCUT2D eigenvalue weighted by Crippen LogP contribution is 2.13. The number of rotatable bonds is 4. The number of hydrogen-bond acceptors (Lipinski definition) is 5. The van der Waals surface area contributed by atoms with E-state index in [4.69, 9.17) is 5.73 Å². The quantitative estimate of drug-likeness (QED) is 0.871. The van der Waals surface area contributed by atoms with E-state index in [-0.39, 0.29) is 0 Å². The lowest BCUT2D eigenvalue weighted by atomic mass is 10.1. The summed E-state index contributed by atoms with van der Waals surface area (Å²) in [6, 6.07) is 2.02. The van der Waals surface area contributed by atoms with E-state index in [1.165, 1.54) is 0 Å². The lowest BCUT2D eigenvalue weighted by molar-refractivity contribution is 0.226. The molecular formula is C14H25N5. The van der Waals surface area contributed by atoms with E-state index in [0.717, 1.165) is 56.6 Å². The second-order valence-electron chi connectivity index (χ2n) is 5.58. The number of hydrogen-bond donors (Lipinski definition) is 1. The fourth-order valence-electron chi connectivity index (χ4n) is 2.49. The molecule has 5 heteroatoms. The predicted molar refractivity (Wildman–Crippen MR) is 78.4 cm³/mol. The third-order valence-electron chi connectivity index (χ3n) is 3.60. The van der Waals surface area contributed by atoms with Crippen LogP contribution in [0.3, 0.4) is 0 Å². The summed E-state index contributed by atoms with van der Waals surface area (Å²) in [6.07, 6.45) is 0. The summed E-state index contributed by atoms with van der Waals surface area (Å²) >= 11 is 0. The lowest BCUT2D eigenvalue weighted by Gasteiger charge is -2.35. The van der Waals surface area contributed by atoms with Crippen LogP contribution in [0.15, 0.2) is 6.07 Å². The Hall–Kier alpha value is -1.20. The van der Waals surface area contributed by atoms with E-state index in [1.807, 2.05) is 19.9 Å². The normalized spacial score (nSPS) is 18.6. The van der Waals surface area contributed by atoms with Crippen molar-refractivity contribution in [3.8, 4) is 0 Å². The molecule has 0 saturated carbocycles. The molecule has 2 N–H and O–H groups in total. The van der Waals surface area contributed by atoms with E-state index in [1.54, 1.807) is 0 Å². The fraction of sp³-hybridized carbons (Fsp3) is 0.714. The molecule has 19 heavy (non-hydrogen) atoms. The maximum absolute atomic E-state index is 5.68. The molecule has 1 aliphatic heterocycles. The maximum atomic E-state index is 5.68. The van der Waals surface area contributed by atoms with Crippen LogP contribution in [0.1, 0.15) is 18.3 Å². The molecule has 0 bridgehead atoms. The second-order valence-corrected chi connectivity index (χ2v) is 5.58. The molecule has 2 heterocycles. The Morgan fingerprint density at radius 1 is 1.16 bits per heavy atom. The maximum Gasteiger partial charge on any atom is 0.225 e. The molecule has 2 rings (SSSR count). The van der Waals surface area contributed by atoms with Crippen LogP contribution in [-0.4, -0.2) is 54.1 Å². The molecule has 1 aliphatic rings. The number of nitrogens with two attached hydrogens (primary N) is 1. The van der Waals surface area contributed by atoms with Crippen LogP contribution in [0.2, 0.25) is 0 Å². The zero-order chi connectivity index (χ0) is 13.8. The minimum atomic E-state index is 0.573. The van der Waals surface area contributed by atoms with Gasteiger partial charge in [-0.2, -0.15) is 0 Å². The van der Waals surface area contributed by atoms with E-state index in [9.17, 15) is 0 Å². The molecule has 1 atom stereocenters. The summed E-state index contributed by atoms with van der Waals surface area (Å²) in [7, 11) is 0. The van der Waals surface area contributed by atoms with Gasteiger partial charge < -0.3 is 10.6 Å². The van der Waals surface area contributed by atoms with E-state index < -0.39 is 0 Å². The van der Waals surface area contributed by atoms with Crippen molar-refractivity contribution >= 4 is 5.95 Å². The zero-order valence-corrected chi connectivity index (χ0v) is 12.3. The zero-order valence-electron chi connectivity index (χ0n) is 12.3. The highest BCUT2D eigenvalue weighted by atomic mass is 15.3. The van der Waals surface area contributed by atoms with Crippen LogP contribution in [0.4, 0.5) is 5.95 Å². The minimum Gasteiger partial charge on any atom is -0.338 e. The van der Waals surface area contributed by atoms with Gasteiger partial charge in [-0.3, -0.25) is 4.90 Å². The summed E-state index contributed by atoms with van der Waals surface area (Å²) in [5.41, 5.74) is 7.77. The molecule has 0 amide bonds. The van der Waals surface area contributed by atoms with Gasteiger partial charge in [0.15, 0.2) is 0 Å². The van der Waals surface area contributed by atoms with Crippen molar-refractivity contribution in [1.82, 2.24) is 14.9 Å². The van der Waals surface area contributed by atoms with Crippen molar-refractivity contribution in [1.29, 1.82) is 0 Å². The first-order valence-corrected chi connectivity index (χ1v) is 7.08. The number of anilines is 1. The smallest absolute Gasteiger partial charge is 0.225 e. The number of nitrogens with zero attached hydrogens (tertiary/aromatic N) is 4. The van der Waals surface area contributed by atoms with Crippen LogP contribution < -0.4 is 10.6 Å². The summed E-state index contributed by atoms with van der Waals surface area (Å²) in [6.45, 7) is 12.3. The van der Waals surface area contributed by atoms with Gasteiger partial charge in [0.1, 0.15) is 0 Å². The predicted octanol–water partition coefficient (Wildman–Crippen LogP) is 0.810. The van der Waals surface area contributed by atoms with Gasteiger partial charge in [-0.1, -0.05) is 6.92 Å².